The first-order chi connectivity index (χ1) is 56.7. The third-order valence-corrected chi connectivity index (χ3v) is 24.9. The van der Waals surface area contributed by atoms with Crippen molar-refractivity contribution in [3.05, 3.63) is 209 Å². The molecule has 119 heavy (non-hydrogen) atoms. The predicted molar refractivity (Wildman–Crippen MR) is 515 cm³/mol. The van der Waals surface area contributed by atoms with Crippen molar-refractivity contribution in [3.8, 4) is 0 Å². The summed E-state index contributed by atoms with van der Waals surface area (Å²) >= 11 is 51.9. The van der Waals surface area contributed by atoms with Crippen molar-refractivity contribution in [3.63, 3.8) is 0 Å². The predicted octanol–water partition coefficient (Wildman–Crippen LogP) is 18.6. The molecule has 7 aromatic carbocycles. The minimum Gasteiger partial charge on any atom is -0.411 e. The molecule has 0 amide bonds. The molecule has 5 atom stereocenters. The van der Waals surface area contributed by atoms with Gasteiger partial charge in [0.15, 0.2) is 17.4 Å². The third kappa shape index (κ3) is 33.5. The van der Waals surface area contributed by atoms with Crippen LogP contribution in [0.25, 0.3) is 0 Å². The number of anilines is 6. The highest BCUT2D eigenvalue weighted by molar-refractivity contribution is 14.1. The van der Waals surface area contributed by atoms with E-state index in [-0.39, 0.29) is 42.9 Å². The van der Waals surface area contributed by atoms with Crippen molar-refractivity contribution in [1.29, 1.82) is 0 Å². The Morgan fingerprint density at radius 3 is 1.08 bits per heavy atom. The molecular weight excluding hydrogens is 1970 g/mol. The lowest BCUT2D eigenvalue weighted by Crippen LogP contribution is -2.56. The number of nitrogens with two attached hydrogens (primary N) is 1. The lowest BCUT2D eigenvalue weighted by molar-refractivity contribution is -0.172. The number of hydrogen-bond acceptors (Lipinski definition) is 20. The Balaban J connectivity index is 0.000000188. The highest BCUT2D eigenvalue weighted by atomic mass is 127. The minimum absolute atomic E-state index is 0. The van der Waals surface area contributed by atoms with Gasteiger partial charge in [0.25, 0.3) is 0 Å². The molecule has 0 saturated carbocycles. The van der Waals surface area contributed by atoms with Crippen LogP contribution >= 0.6 is 148 Å². The standard InChI is InChI=1S/C13H18ClN3O.C13H20ClN3.C13H17ClN2O.C13H16ClNO2.C11H11BrClNO.C11H12ClNO.C7H13NO2.C6H4ClI.B.Br2/c1-16(2)13-9-17(8-7-12(13)15-18)11-5-3-10(14)4-6-11;1-16(2)13-9-17(8-7-12(13)15)11-5-3-10(14)4-6-11;1-15(2)12-9-16(8-7-13(12)17)11-5-3-10(14)4-6-11;14-11-1-3-12(4-2-11)15-7-5-13(6-8-15)16-9-10-17-13;12-10-7-14(6-5-11(10)15)9-3-1-8(13)2-4-9;12-9-1-3-10(4-2-9)13-7-5-11(14)6-8-13;1-3-8-4-2-7(1)9-5-6-10-7;7-5-1-3-6(8)4-2-5;;1-2/h3-6,13,18H,7-9H2,1-2H3;3-6,12-13H,7-9,15H2,1-2H3;3-6,12H,7-9H2,1-2H3;1-4H,5-10H2;1-4,10H,5-7H2;1-4H,5-8H2;8H,1-6H2;1-4H;;/b15-12+;;;;;;;;;. The molecule has 4 N–H and O–H groups in total. The summed E-state index contributed by atoms with van der Waals surface area (Å²) in [4.78, 5) is 54.1. The maximum absolute atomic E-state index is 11.8. The van der Waals surface area contributed by atoms with Crippen LogP contribution in [0.5, 0.6) is 0 Å². The number of ether oxygens (including phenoxy) is 4. The topological polar surface area (TPSA) is 188 Å². The molecule has 0 bridgehead atoms. The van der Waals surface area contributed by atoms with Gasteiger partial charge in [-0.25, -0.2) is 0 Å². The Hall–Kier alpha value is -4.28. The molecule has 9 saturated heterocycles. The van der Waals surface area contributed by atoms with Gasteiger partial charge in [-0.3, -0.25) is 24.2 Å². The van der Waals surface area contributed by atoms with Crippen LogP contribution in [0.3, 0.4) is 0 Å². The first kappa shape index (κ1) is 102. The molecule has 0 aliphatic carbocycles. The van der Waals surface area contributed by atoms with E-state index in [1.807, 2.05) is 179 Å². The molecule has 647 valence electrons. The Kier molecular flexibility index (Phi) is 45.0. The summed E-state index contributed by atoms with van der Waals surface area (Å²) in [6, 6.07) is 55.7. The van der Waals surface area contributed by atoms with Gasteiger partial charge in [-0.15, -0.1) is 0 Å². The smallest absolute Gasteiger partial charge is 0.171 e. The molecule has 9 fully saturated rings. The molecule has 16 rings (SSSR count). The van der Waals surface area contributed by atoms with E-state index in [1.54, 1.807) is 0 Å². The number of ketones is 3. The number of Topliss-reactive ketones (excluding diaryl/α,β-unsaturated/α-hetero) is 3. The Morgan fingerprint density at radius 2 is 0.731 bits per heavy atom. The van der Waals surface area contributed by atoms with Crippen LogP contribution in [0.2, 0.25) is 35.2 Å². The number of nitrogens with one attached hydrogen (secondary N) is 1. The molecule has 20 nitrogen and oxygen atoms in total. The van der Waals surface area contributed by atoms with Gasteiger partial charge in [0.05, 0.1) is 49.1 Å². The van der Waals surface area contributed by atoms with E-state index >= 15 is 0 Å². The number of piperidine rings is 7. The molecule has 9 aliphatic heterocycles. The van der Waals surface area contributed by atoms with Gasteiger partial charge in [-0.2, -0.15) is 0 Å². The number of halogens is 11. The fourth-order valence-corrected chi connectivity index (χ4v) is 16.5. The van der Waals surface area contributed by atoms with E-state index in [0.29, 0.717) is 49.1 Å². The summed E-state index contributed by atoms with van der Waals surface area (Å²) in [6.07, 6.45) is 8.27. The molecule has 9 heterocycles. The first-order valence-electron chi connectivity index (χ1n) is 39.7. The van der Waals surface area contributed by atoms with Crippen molar-refractivity contribution in [2.45, 2.75) is 105 Å². The van der Waals surface area contributed by atoms with E-state index in [9.17, 15) is 14.4 Å². The molecule has 0 aromatic heterocycles. The van der Waals surface area contributed by atoms with Crippen LogP contribution in [0.1, 0.15) is 64.2 Å². The second-order valence-electron chi connectivity index (χ2n) is 30.2. The fourth-order valence-electron chi connectivity index (χ4n) is 14.7. The monoisotopic (exact) mass is 2070 g/mol. The second kappa shape index (κ2) is 52.6. The largest absolute Gasteiger partial charge is 0.411 e. The molecule has 32 heteroatoms. The minimum atomic E-state index is -0.289. The average molecular weight is 2080 g/mol. The quantitative estimate of drug-likeness (QED) is 0.0407. The van der Waals surface area contributed by atoms with Crippen LogP contribution in [-0.2, 0) is 33.3 Å². The molecular formula is C87H111BBr3Cl7IN12O8. The number of benzene rings is 7. The zero-order valence-corrected chi connectivity index (χ0v) is 80.6. The lowest BCUT2D eigenvalue weighted by Gasteiger charge is -2.41. The Morgan fingerprint density at radius 1 is 0.420 bits per heavy atom. The van der Waals surface area contributed by atoms with Gasteiger partial charge >= 0.3 is 0 Å². The second-order valence-corrected chi connectivity index (χ2v) is 35.6. The average Bonchev–Trinajstić information content (AvgIpc) is 1.77. The number of carbonyl (C=O) groups is 3. The van der Waals surface area contributed by atoms with E-state index < -0.39 is 0 Å². The van der Waals surface area contributed by atoms with Crippen molar-refractivity contribution in [2.75, 3.05) is 190 Å². The van der Waals surface area contributed by atoms with Gasteiger partial charge in [-0.05, 0) is 241 Å². The van der Waals surface area contributed by atoms with Crippen molar-refractivity contribution in [2.24, 2.45) is 10.9 Å². The fraction of sp³-hybridized carbons (Fsp3) is 0.471. The number of likely N-dealkylation sites (N-methyl/N-ethyl adjacent to an activating group) is 3. The van der Waals surface area contributed by atoms with Gasteiger partial charge in [0.1, 0.15) is 11.6 Å². The zero-order chi connectivity index (χ0) is 85.3. The summed E-state index contributed by atoms with van der Waals surface area (Å²) in [6.45, 7) is 15.5. The van der Waals surface area contributed by atoms with Gasteiger partial charge in [0.2, 0.25) is 0 Å². The number of carbonyl (C=O) groups excluding carboxylic acids is 3. The van der Waals surface area contributed by atoms with Gasteiger partial charge in [0, 0.05) is 271 Å². The van der Waals surface area contributed by atoms with Crippen LogP contribution in [0, 0.1) is 3.57 Å². The summed E-state index contributed by atoms with van der Waals surface area (Å²) < 4.78 is 23.7. The van der Waals surface area contributed by atoms with Gasteiger partial charge < -0.3 is 69.5 Å². The molecule has 2 spiro atoms. The summed E-state index contributed by atoms with van der Waals surface area (Å²) in [5.74, 6) is 0.518. The third-order valence-electron chi connectivity index (χ3n) is 21.6. The summed E-state index contributed by atoms with van der Waals surface area (Å²) in [5, 5.41) is 21.1. The van der Waals surface area contributed by atoms with E-state index in [2.05, 4.69) is 155 Å². The van der Waals surface area contributed by atoms with E-state index in [1.165, 1.54) is 14.9 Å². The molecule has 3 radical (unpaired) electrons. The highest BCUT2D eigenvalue weighted by Crippen LogP contribution is 2.35. The summed E-state index contributed by atoms with van der Waals surface area (Å²) in [7, 11) is 12.1. The highest BCUT2D eigenvalue weighted by Gasteiger charge is 2.41. The molecule has 9 aliphatic rings. The number of nitrogens with zero attached hydrogens (tertiary/aromatic N) is 10. The maximum Gasteiger partial charge on any atom is 0.171 e. The first-order valence-corrected chi connectivity index (χ1v) is 48.0. The Labute approximate surface area is 778 Å². The zero-order valence-electron chi connectivity index (χ0n) is 68.4. The maximum atomic E-state index is 11.8. The normalized spacial score (nSPS) is 21.5. The van der Waals surface area contributed by atoms with Crippen molar-refractivity contribution < 1.29 is 38.5 Å². The van der Waals surface area contributed by atoms with E-state index in [4.69, 9.17) is 111 Å². The number of oxime groups is 1. The molecule has 5 unspecified atom stereocenters. The van der Waals surface area contributed by atoms with Gasteiger partial charge in [-0.1, -0.05) is 102 Å². The van der Waals surface area contributed by atoms with Crippen LogP contribution in [0.4, 0.5) is 34.1 Å². The molecule has 7 aromatic rings. The number of alkyl halides is 1. The van der Waals surface area contributed by atoms with Crippen LogP contribution < -0.4 is 40.4 Å². The van der Waals surface area contributed by atoms with Crippen molar-refractivity contribution >= 4 is 214 Å². The lowest BCUT2D eigenvalue weighted by atomic mass is 9.99. The number of hydrogen-bond donors (Lipinski definition) is 3. The van der Waals surface area contributed by atoms with Crippen LogP contribution in [-0.4, -0.2) is 252 Å². The summed E-state index contributed by atoms with van der Waals surface area (Å²) in [5.41, 5.74) is 14.0. The SMILES string of the molecule is BrBr.C1CC2(CCN1)OCCO2.CN(C)C1CN(c2ccc(Cl)cc2)CC/C1=N\O.CN(C)C1CN(c2ccc(Cl)cc2)CCC1=O.CN(C)C1CN(c2ccc(Cl)cc2)CCC1N.Clc1ccc(I)cc1.Clc1ccc(N2CCC3(CC2)OCCO3)cc1.O=C1CCN(c2ccc(Cl)cc2)CC1.O=C1CCN(c2ccc(Cl)cc2)CC1Br.[B]. The Bertz CT molecular complexity index is 4120. The van der Waals surface area contributed by atoms with Crippen LogP contribution in [0.15, 0.2) is 175 Å². The number of rotatable bonds is 9. The van der Waals surface area contributed by atoms with Crippen molar-refractivity contribution in [1.82, 2.24) is 20.0 Å². The van der Waals surface area contributed by atoms with E-state index in [0.717, 1.165) is 220 Å².